The summed E-state index contributed by atoms with van der Waals surface area (Å²) in [5, 5.41) is 4.85. The largest absolute Gasteiger partial charge is 0.416 e. The molecule has 0 spiro atoms. The first kappa shape index (κ1) is 22.3. The van der Waals surface area contributed by atoms with Gasteiger partial charge in [0.05, 0.1) is 23.5 Å². The van der Waals surface area contributed by atoms with Gasteiger partial charge in [-0.25, -0.2) is 14.6 Å². The van der Waals surface area contributed by atoms with Gasteiger partial charge in [0.2, 0.25) is 0 Å². The number of rotatable bonds is 5. The van der Waals surface area contributed by atoms with E-state index in [1.54, 1.807) is 29.2 Å². The van der Waals surface area contributed by atoms with Gasteiger partial charge in [-0.15, -0.1) is 0 Å². The Kier molecular flexibility index (Phi) is 5.91. The molecule has 1 fully saturated rings. The van der Waals surface area contributed by atoms with Gasteiger partial charge in [-0.3, -0.25) is 4.79 Å². The standard InChI is InChI=1S/C24H23F3N6O/c25-24(26,27)19-3-1-2-18(12-19)17-6-10-32(11-7-17)9-5-16-13-31-33(14-16)22-21-20(4-8-28-22)23(34)30-15-29-21/h1-4,8,12-15,17H,5-7,9-11H2,(H,29,30,34). The first-order valence-electron chi connectivity index (χ1n) is 11.1. The summed E-state index contributed by atoms with van der Waals surface area (Å²) < 4.78 is 40.7. The number of nitrogens with one attached hydrogen (secondary N) is 1. The lowest BCUT2D eigenvalue weighted by atomic mass is 9.88. The van der Waals surface area contributed by atoms with Crippen molar-refractivity contribution in [2.75, 3.05) is 19.6 Å². The second kappa shape index (κ2) is 9.02. The molecule has 4 aromatic rings. The Balaban J connectivity index is 1.20. The molecule has 4 heterocycles. The van der Waals surface area contributed by atoms with Crippen molar-refractivity contribution in [1.82, 2.24) is 29.6 Å². The van der Waals surface area contributed by atoms with Crippen molar-refractivity contribution in [3.63, 3.8) is 0 Å². The quantitative estimate of drug-likeness (QED) is 0.480. The van der Waals surface area contributed by atoms with E-state index in [1.807, 2.05) is 6.20 Å². The second-order valence-electron chi connectivity index (χ2n) is 8.54. The zero-order chi connectivity index (χ0) is 23.7. The van der Waals surface area contributed by atoms with E-state index in [0.29, 0.717) is 16.7 Å². The maximum absolute atomic E-state index is 13.0. The molecule has 0 bridgehead atoms. The van der Waals surface area contributed by atoms with Crippen LogP contribution in [0.5, 0.6) is 0 Å². The van der Waals surface area contributed by atoms with Crippen LogP contribution in [0, 0.1) is 0 Å². The fraction of sp³-hybridized carbons (Fsp3) is 0.333. The number of hydrogen-bond acceptors (Lipinski definition) is 5. The van der Waals surface area contributed by atoms with E-state index < -0.39 is 11.7 Å². The van der Waals surface area contributed by atoms with Gasteiger partial charge in [-0.1, -0.05) is 18.2 Å². The molecule has 0 atom stereocenters. The normalized spacial score (nSPS) is 15.7. The Morgan fingerprint density at radius 2 is 1.94 bits per heavy atom. The number of aromatic amines is 1. The maximum Gasteiger partial charge on any atom is 0.416 e. The number of likely N-dealkylation sites (tertiary alicyclic amines) is 1. The first-order chi connectivity index (χ1) is 16.4. The highest BCUT2D eigenvalue weighted by Gasteiger charge is 2.31. The van der Waals surface area contributed by atoms with Crippen LogP contribution in [-0.4, -0.2) is 49.3 Å². The maximum atomic E-state index is 13.0. The Hall–Kier alpha value is -3.53. The van der Waals surface area contributed by atoms with Crippen LogP contribution in [0.15, 0.2) is 60.0 Å². The van der Waals surface area contributed by atoms with Crippen LogP contribution in [-0.2, 0) is 12.6 Å². The molecule has 1 saturated heterocycles. The number of aromatic nitrogens is 5. The summed E-state index contributed by atoms with van der Waals surface area (Å²) in [4.78, 5) is 25.5. The molecule has 1 aliphatic heterocycles. The van der Waals surface area contributed by atoms with Gasteiger partial charge in [0.15, 0.2) is 5.82 Å². The summed E-state index contributed by atoms with van der Waals surface area (Å²) >= 11 is 0. The molecule has 0 amide bonds. The van der Waals surface area contributed by atoms with E-state index in [1.165, 1.54) is 18.5 Å². The number of fused-ring (bicyclic) bond motifs is 1. The van der Waals surface area contributed by atoms with Crippen LogP contribution in [0.1, 0.15) is 35.4 Å². The van der Waals surface area contributed by atoms with Gasteiger partial charge in [0.25, 0.3) is 5.56 Å². The molecular formula is C24H23F3N6O. The molecular weight excluding hydrogens is 445 g/mol. The van der Waals surface area contributed by atoms with Gasteiger partial charge < -0.3 is 9.88 Å². The number of H-pyrrole nitrogens is 1. The number of pyridine rings is 1. The zero-order valence-electron chi connectivity index (χ0n) is 18.3. The number of alkyl halides is 3. The van der Waals surface area contributed by atoms with Gasteiger partial charge in [-0.05, 0) is 61.5 Å². The van der Waals surface area contributed by atoms with E-state index in [0.717, 1.165) is 56.1 Å². The van der Waals surface area contributed by atoms with Crippen LogP contribution in [0.2, 0.25) is 0 Å². The second-order valence-corrected chi connectivity index (χ2v) is 8.54. The molecule has 0 unspecified atom stereocenters. The molecule has 3 aromatic heterocycles. The van der Waals surface area contributed by atoms with Gasteiger partial charge in [-0.2, -0.15) is 18.3 Å². The van der Waals surface area contributed by atoms with Crippen LogP contribution in [0.25, 0.3) is 16.7 Å². The topological polar surface area (TPSA) is 79.7 Å². The van der Waals surface area contributed by atoms with Crippen molar-refractivity contribution < 1.29 is 13.2 Å². The molecule has 1 aromatic carbocycles. The monoisotopic (exact) mass is 468 g/mol. The highest BCUT2D eigenvalue weighted by atomic mass is 19.4. The summed E-state index contributed by atoms with van der Waals surface area (Å²) in [6.45, 7) is 2.52. The molecule has 34 heavy (non-hydrogen) atoms. The third kappa shape index (κ3) is 4.58. The molecule has 1 aliphatic rings. The minimum absolute atomic E-state index is 0.148. The van der Waals surface area contributed by atoms with E-state index in [-0.39, 0.29) is 11.5 Å². The third-order valence-corrected chi connectivity index (χ3v) is 6.38. The van der Waals surface area contributed by atoms with Crippen molar-refractivity contribution in [1.29, 1.82) is 0 Å². The zero-order valence-corrected chi connectivity index (χ0v) is 18.3. The number of benzene rings is 1. The fourth-order valence-electron chi connectivity index (χ4n) is 4.51. The lowest BCUT2D eigenvalue weighted by Crippen LogP contribution is -2.34. The Morgan fingerprint density at radius 3 is 2.74 bits per heavy atom. The number of piperidine rings is 1. The summed E-state index contributed by atoms with van der Waals surface area (Å²) in [5.41, 5.74) is 1.48. The minimum atomic E-state index is -4.31. The average molecular weight is 468 g/mol. The SMILES string of the molecule is O=c1[nH]cnc2c(-n3cc(CCN4CCC(c5cccc(C(F)(F)F)c5)CC4)cn3)nccc12. The molecule has 1 N–H and O–H groups in total. The fourth-order valence-corrected chi connectivity index (χ4v) is 4.51. The van der Waals surface area contributed by atoms with Gasteiger partial charge in [0, 0.05) is 18.9 Å². The molecule has 10 heteroatoms. The highest BCUT2D eigenvalue weighted by Crippen LogP contribution is 2.34. The molecule has 176 valence electrons. The van der Waals surface area contributed by atoms with Crippen LogP contribution < -0.4 is 5.56 Å². The van der Waals surface area contributed by atoms with E-state index in [2.05, 4.69) is 25.0 Å². The van der Waals surface area contributed by atoms with Crippen molar-refractivity contribution in [3.8, 4) is 5.82 Å². The summed E-state index contributed by atoms with van der Waals surface area (Å²) in [6, 6.07) is 7.34. The Bertz CT molecular complexity index is 1350. The predicted molar refractivity (Wildman–Crippen MR) is 121 cm³/mol. The van der Waals surface area contributed by atoms with Gasteiger partial charge in [0.1, 0.15) is 5.52 Å². The summed E-state index contributed by atoms with van der Waals surface area (Å²) in [5.74, 6) is 0.645. The van der Waals surface area contributed by atoms with E-state index >= 15 is 0 Å². The average Bonchev–Trinajstić information content (AvgIpc) is 3.31. The number of nitrogens with zero attached hydrogens (tertiary/aromatic N) is 5. The smallest absolute Gasteiger partial charge is 0.313 e. The number of hydrogen-bond donors (Lipinski definition) is 1. The van der Waals surface area contributed by atoms with Gasteiger partial charge >= 0.3 is 6.18 Å². The lowest BCUT2D eigenvalue weighted by molar-refractivity contribution is -0.137. The van der Waals surface area contributed by atoms with Crippen molar-refractivity contribution in [2.24, 2.45) is 0 Å². The van der Waals surface area contributed by atoms with Crippen molar-refractivity contribution >= 4 is 10.9 Å². The first-order valence-corrected chi connectivity index (χ1v) is 11.1. The number of halogens is 3. The summed E-state index contributed by atoms with van der Waals surface area (Å²) in [6.07, 6.45) is 4.72. The molecule has 0 radical (unpaired) electrons. The highest BCUT2D eigenvalue weighted by molar-refractivity contribution is 5.83. The molecule has 0 saturated carbocycles. The molecule has 7 nitrogen and oxygen atoms in total. The molecule has 5 rings (SSSR count). The van der Waals surface area contributed by atoms with Crippen LogP contribution in [0.4, 0.5) is 13.2 Å². The van der Waals surface area contributed by atoms with E-state index in [9.17, 15) is 18.0 Å². The van der Waals surface area contributed by atoms with Crippen LogP contribution >= 0.6 is 0 Å². The Labute approximate surface area is 193 Å². The minimum Gasteiger partial charge on any atom is -0.313 e. The van der Waals surface area contributed by atoms with Crippen molar-refractivity contribution in [2.45, 2.75) is 31.4 Å². The Morgan fingerprint density at radius 1 is 1.12 bits per heavy atom. The summed E-state index contributed by atoms with van der Waals surface area (Å²) in [7, 11) is 0. The third-order valence-electron chi connectivity index (χ3n) is 6.38. The molecule has 0 aliphatic carbocycles. The van der Waals surface area contributed by atoms with E-state index in [4.69, 9.17) is 0 Å². The van der Waals surface area contributed by atoms with Crippen LogP contribution in [0.3, 0.4) is 0 Å². The van der Waals surface area contributed by atoms with Crippen molar-refractivity contribution in [3.05, 3.63) is 82.3 Å². The lowest BCUT2D eigenvalue weighted by Gasteiger charge is -2.32. The predicted octanol–water partition coefficient (Wildman–Crippen LogP) is 3.94.